The molecule has 3 aromatic rings. The molecule has 2 aromatic carbocycles. The van der Waals surface area contributed by atoms with Crippen molar-refractivity contribution in [2.24, 2.45) is 4.99 Å². The van der Waals surface area contributed by atoms with E-state index in [1.165, 1.54) is 12.1 Å². The molecule has 0 unspecified atom stereocenters. The average molecular weight is 520 g/mol. The molecule has 158 valence electrons. The number of halogens is 2. The third-order valence-corrected chi connectivity index (χ3v) is 4.12. The molecular weight excluding hydrogens is 494 g/mol. The Bertz CT molecular complexity index is 937. The minimum absolute atomic E-state index is 0. The first-order valence-electron chi connectivity index (χ1n) is 9.61. The van der Waals surface area contributed by atoms with Crippen LogP contribution in [0.25, 0.3) is 0 Å². The van der Waals surface area contributed by atoms with E-state index in [2.05, 4.69) is 20.6 Å². The molecule has 0 aliphatic carbocycles. The standard InChI is InChI=1S/C23H25FN4O.HI/c1-2-25-23(27-15-18-7-5-9-20(24)13-18)28-16-19-8-6-11-22(14-19)29-17-21-10-3-4-12-26-21;/h3-14H,2,15-17H2,1H3,(H2,25,27,28);1H. The molecule has 1 heterocycles. The second-order valence-electron chi connectivity index (χ2n) is 6.44. The van der Waals surface area contributed by atoms with Crippen molar-refractivity contribution in [2.45, 2.75) is 26.6 Å². The van der Waals surface area contributed by atoms with Crippen LogP contribution in [0.3, 0.4) is 0 Å². The predicted molar refractivity (Wildman–Crippen MR) is 128 cm³/mol. The number of pyridine rings is 1. The molecule has 0 radical (unpaired) electrons. The Hall–Kier alpha value is -2.68. The molecular formula is C23H26FIN4O. The number of hydrogen-bond acceptors (Lipinski definition) is 3. The minimum Gasteiger partial charge on any atom is -0.487 e. The summed E-state index contributed by atoms with van der Waals surface area (Å²) >= 11 is 0. The summed E-state index contributed by atoms with van der Waals surface area (Å²) in [7, 11) is 0. The maximum absolute atomic E-state index is 13.3. The van der Waals surface area contributed by atoms with E-state index in [-0.39, 0.29) is 29.8 Å². The first-order chi connectivity index (χ1) is 14.2. The molecule has 0 fully saturated rings. The van der Waals surface area contributed by atoms with E-state index in [0.717, 1.165) is 29.1 Å². The van der Waals surface area contributed by atoms with Crippen LogP contribution >= 0.6 is 24.0 Å². The van der Waals surface area contributed by atoms with Gasteiger partial charge in [-0.05, 0) is 54.4 Å². The highest BCUT2D eigenvalue weighted by atomic mass is 127. The van der Waals surface area contributed by atoms with Crippen molar-refractivity contribution in [3.8, 4) is 5.75 Å². The number of hydrogen-bond donors (Lipinski definition) is 2. The van der Waals surface area contributed by atoms with Gasteiger partial charge in [0.1, 0.15) is 18.2 Å². The summed E-state index contributed by atoms with van der Waals surface area (Å²) in [5.41, 5.74) is 2.78. The van der Waals surface area contributed by atoms with Gasteiger partial charge in [0.05, 0.1) is 12.2 Å². The number of guanidine groups is 1. The predicted octanol–water partition coefficient (Wildman–Crippen LogP) is 4.67. The molecule has 0 atom stereocenters. The second-order valence-corrected chi connectivity index (χ2v) is 6.44. The van der Waals surface area contributed by atoms with Crippen molar-refractivity contribution < 1.29 is 9.13 Å². The third kappa shape index (κ3) is 7.98. The minimum atomic E-state index is -0.252. The number of aromatic nitrogens is 1. The highest BCUT2D eigenvalue weighted by molar-refractivity contribution is 14.0. The van der Waals surface area contributed by atoms with E-state index in [4.69, 9.17) is 4.74 Å². The quantitative estimate of drug-likeness (QED) is 0.258. The van der Waals surface area contributed by atoms with Crippen LogP contribution in [0.5, 0.6) is 5.75 Å². The van der Waals surface area contributed by atoms with Crippen LogP contribution in [0, 0.1) is 5.82 Å². The second kappa shape index (κ2) is 12.8. The van der Waals surface area contributed by atoms with Crippen LogP contribution in [0.4, 0.5) is 4.39 Å². The van der Waals surface area contributed by atoms with Crippen LogP contribution in [-0.4, -0.2) is 17.5 Å². The maximum atomic E-state index is 13.3. The number of rotatable bonds is 8. The summed E-state index contributed by atoms with van der Waals surface area (Å²) in [6.07, 6.45) is 1.75. The molecule has 30 heavy (non-hydrogen) atoms. The molecule has 0 saturated carbocycles. The molecule has 7 heteroatoms. The zero-order chi connectivity index (χ0) is 20.3. The fourth-order valence-corrected chi connectivity index (χ4v) is 2.72. The summed E-state index contributed by atoms with van der Waals surface area (Å²) in [4.78, 5) is 8.79. The van der Waals surface area contributed by atoms with Crippen molar-refractivity contribution in [1.29, 1.82) is 0 Å². The van der Waals surface area contributed by atoms with Gasteiger partial charge in [0.25, 0.3) is 0 Å². The SMILES string of the molecule is CCNC(=NCc1cccc(F)c1)NCc1cccc(OCc2ccccn2)c1.I. The Morgan fingerprint density at radius 3 is 2.60 bits per heavy atom. The van der Waals surface area contributed by atoms with E-state index in [1.807, 2.05) is 55.5 Å². The zero-order valence-electron chi connectivity index (χ0n) is 16.8. The van der Waals surface area contributed by atoms with Gasteiger partial charge < -0.3 is 15.4 Å². The van der Waals surface area contributed by atoms with Gasteiger partial charge in [0.15, 0.2) is 5.96 Å². The van der Waals surface area contributed by atoms with Gasteiger partial charge in [-0.1, -0.05) is 30.3 Å². The molecule has 0 saturated heterocycles. The fourth-order valence-electron chi connectivity index (χ4n) is 2.72. The van der Waals surface area contributed by atoms with Crippen LogP contribution in [0.15, 0.2) is 77.9 Å². The fraction of sp³-hybridized carbons (Fsp3) is 0.217. The molecule has 0 spiro atoms. The van der Waals surface area contributed by atoms with E-state index in [1.54, 1.807) is 12.3 Å². The maximum Gasteiger partial charge on any atom is 0.191 e. The molecule has 5 nitrogen and oxygen atoms in total. The first kappa shape index (κ1) is 23.6. The van der Waals surface area contributed by atoms with E-state index in [0.29, 0.717) is 25.7 Å². The lowest BCUT2D eigenvalue weighted by Gasteiger charge is -2.12. The van der Waals surface area contributed by atoms with Crippen LogP contribution in [-0.2, 0) is 19.7 Å². The van der Waals surface area contributed by atoms with Gasteiger partial charge in [-0.15, -0.1) is 24.0 Å². The number of aliphatic imine (C=N–C) groups is 1. The van der Waals surface area contributed by atoms with E-state index in [9.17, 15) is 4.39 Å². The number of nitrogens with one attached hydrogen (secondary N) is 2. The molecule has 2 N–H and O–H groups in total. The topological polar surface area (TPSA) is 58.5 Å². The summed E-state index contributed by atoms with van der Waals surface area (Å²) in [6, 6.07) is 20.1. The Labute approximate surface area is 193 Å². The van der Waals surface area contributed by atoms with Crippen molar-refractivity contribution in [3.63, 3.8) is 0 Å². The number of nitrogens with zero attached hydrogens (tertiary/aromatic N) is 2. The summed E-state index contributed by atoms with van der Waals surface area (Å²) < 4.78 is 19.2. The first-order valence-corrected chi connectivity index (χ1v) is 9.61. The Kier molecular flexibility index (Phi) is 10.1. The van der Waals surface area contributed by atoms with Gasteiger partial charge in [0, 0.05) is 19.3 Å². The van der Waals surface area contributed by atoms with Gasteiger partial charge in [0.2, 0.25) is 0 Å². The van der Waals surface area contributed by atoms with Crippen molar-refractivity contribution in [1.82, 2.24) is 15.6 Å². The van der Waals surface area contributed by atoms with Gasteiger partial charge in [-0.2, -0.15) is 0 Å². The average Bonchev–Trinajstić information content (AvgIpc) is 2.75. The van der Waals surface area contributed by atoms with Gasteiger partial charge in [-0.25, -0.2) is 9.38 Å². The van der Waals surface area contributed by atoms with Crippen molar-refractivity contribution >= 4 is 29.9 Å². The molecule has 3 rings (SSSR count). The molecule has 0 bridgehead atoms. The zero-order valence-corrected chi connectivity index (χ0v) is 19.2. The third-order valence-electron chi connectivity index (χ3n) is 4.12. The van der Waals surface area contributed by atoms with Crippen LogP contribution in [0.2, 0.25) is 0 Å². The molecule has 0 amide bonds. The molecule has 0 aliphatic rings. The van der Waals surface area contributed by atoms with Crippen LogP contribution < -0.4 is 15.4 Å². The monoisotopic (exact) mass is 520 g/mol. The van der Waals surface area contributed by atoms with Gasteiger partial charge >= 0.3 is 0 Å². The Morgan fingerprint density at radius 2 is 1.83 bits per heavy atom. The summed E-state index contributed by atoms with van der Waals surface area (Å²) in [5, 5.41) is 6.50. The van der Waals surface area contributed by atoms with Gasteiger partial charge in [-0.3, -0.25) is 4.98 Å². The van der Waals surface area contributed by atoms with Crippen LogP contribution in [0.1, 0.15) is 23.7 Å². The lowest BCUT2D eigenvalue weighted by atomic mass is 10.2. The molecule has 1 aromatic heterocycles. The smallest absolute Gasteiger partial charge is 0.191 e. The number of benzene rings is 2. The summed E-state index contributed by atoms with van der Waals surface area (Å²) in [5.74, 6) is 1.21. The number of ether oxygens (including phenoxy) is 1. The van der Waals surface area contributed by atoms with Crippen molar-refractivity contribution in [3.05, 3.63) is 95.6 Å². The highest BCUT2D eigenvalue weighted by Crippen LogP contribution is 2.14. The van der Waals surface area contributed by atoms with E-state index < -0.39 is 0 Å². The lowest BCUT2D eigenvalue weighted by molar-refractivity contribution is 0.301. The Morgan fingerprint density at radius 1 is 1.00 bits per heavy atom. The van der Waals surface area contributed by atoms with E-state index >= 15 is 0 Å². The van der Waals surface area contributed by atoms with Crippen molar-refractivity contribution in [2.75, 3.05) is 6.54 Å². The molecule has 0 aliphatic heterocycles. The normalized spacial score (nSPS) is 10.8. The largest absolute Gasteiger partial charge is 0.487 e. The Balaban J connectivity index is 0.00000320. The summed E-state index contributed by atoms with van der Waals surface area (Å²) in [6.45, 7) is 4.17. The highest BCUT2D eigenvalue weighted by Gasteiger charge is 2.02. The lowest BCUT2D eigenvalue weighted by Crippen LogP contribution is -2.36.